The summed E-state index contributed by atoms with van der Waals surface area (Å²) in [6, 6.07) is 0. The standard InChI is InChI=1S/C47H87NO10.C2H6/c1-7-11-15-17-21-29-40(27-13-9-3)38-56-43(49)31-23-19-25-35-54-46(52)37-42(58-45(51)33-34-48(5)6)47(53)55-36-26-20-24-32-44(50)57-39-41(28-14-10-4)30-22-18-16-12-8-2;1-2/h40-42H,7-39H2,1-6H3;1-2H3. The molecule has 60 heavy (non-hydrogen) atoms. The maximum atomic E-state index is 12.9. The lowest BCUT2D eigenvalue weighted by Crippen LogP contribution is -2.33. The van der Waals surface area contributed by atoms with Crippen molar-refractivity contribution in [1.82, 2.24) is 4.90 Å². The van der Waals surface area contributed by atoms with E-state index in [1.54, 1.807) is 0 Å². The molecule has 3 atom stereocenters. The van der Waals surface area contributed by atoms with Gasteiger partial charge in [0, 0.05) is 19.4 Å². The van der Waals surface area contributed by atoms with Gasteiger partial charge in [-0.05, 0) is 90.1 Å². The molecular weight excluding hydrogens is 763 g/mol. The molecule has 0 spiro atoms. The van der Waals surface area contributed by atoms with Gasteiger partial charge in [-0.1, -0.05) is 131 Å². The molecule has 0 saturated heterocycles. The lowest BCUT2D eigenvalue weighted by molar-refractivity contribution is -0.172. The van der Waals surface area contributed by atoms with Gasteiger partial charge < -0.3 is 28.6 Å². The van der Waals surface area contributed by atoms with Crippen LogP contribution in [0.2, 0.25) is 0 Å². The zero-order valence-corrected chi connectivity index (χ0v) is 40.1. The number of ether oxygens (including phenoxy) is 5. The summed E-state index contributed by atoms with van der Waals surface area (Å²) in [6.07, 6.45) is 23.8. The van der Waals surface area contributed by atoms with E-state index >= 15 is 0 Å². The predicted octanol–water partition coefficient (Wildman–Crippen LogP) is 11.9. The number of nitrogens with zero attached hydrogens (tertiary/aromatic N) is 1. The summed E-state index contributed by atoms with van der Waals surface area (Å²) in [5.41, 5.74) is 0. The van der Waals surface area contributed by atoms with E-state index in [-0.39, 0.29) is 31.6 Å². The van der Waals surface area contributed by atoms with Crippen LogP contribution in [0.3, 0.4) is 0 Å². The predicted molar refractivity (Wildman–Crippen MR) is 243 cm³/mol. The van der Waals surface area contributed by atoms with Gasteiger partial charge in [-0.15, -0.1) is 0 Å². The van der Waals surface area contributed by atoms with Crippen molar-refractivity contribution in [3.63, 3.8) is 0 Å². The first-order valence-electron chi connectivity index (χ1n) is 24.5. The first-order chi connectivity index (χ1) is 29.1. The summed E-state index contributed by atoms with van der Waals surface area (Å²) in [5, 5.41) is 0. The van der Waals surface area contributed by atoms with E-state index < -0.39 is 30.4 Å². The van der Waals surface area contributed by atoms with Gasteiger partial charge in [-0.25, -0.2) is 4.79 Å². The van der Waals surface area contributed by atoms with Crippen LogP contribution in [0.25, 0.3) is 0 Å². The van der Waals surface area contributed by atoms with Crippen LogP contribution in [0.5, 0.6) is 0 Å². The lowest BCUT2D eigenvalue weighted by atomic mass is 9.96. The van der Waals surface area contributed by atoms with E-state index in [1.165, 1.54) is 64.2 Å². The molecule has 0 aliphatic carbocycles. The maximum Gasteiger partial charge on any atom is 0.348 e. The molecule has 0 aliphatic heterocycles. The summed E-state index contributed by atoms with van der Waals surface area (Å²) < 4.78 is 27.4. The minimum atomic E-state index is -1.41. The zero-order valence-electron chi connectivity index (χ0n) is 40.1. The number of hydrogen-bond donors (Lipinski definition) is 0. The average molecular weight is 856 g/mol. The molecule has 0 saturated carbocycles. The summed E-state index contributed by atoms with van der Waals surface area (Å²) in [7, 11) is 3.64. The van der Waals surface area contributed by atoms with Crippen molar-refractivity contribution in [3.05, 3.63) is 0 Å². The monoisotopic (exact) mass is 856 g/mol. The molecular formula is C49H93NO10. The highest BCUT2D eigenvalue weighted by Crippen LogP contribution is 2.20. The van der Waals surface area contributed by atoms with Crippen molar-refractivity contribution >= 4 is 29.8 Å². The van der Waals surface area contributed by atoms with E-state index in [1.807, 2.05) is 32.8 Å². The Kier molecular flexibility index (Phi) is 43.9. The first-order valence-corrected chi connectivity index (χ1v) is 24.5. The van der Waals surface area contributed by atoms with E-state index in [9.17, 15) is 24.0 Å². The number of esters is 5. The van der Waals surface area contributed by atoms with E-state index in [0.29, 0.717) is 83.0 Å². The Hall–Kier alpha value is -2.69. The molecule has 0 aromatic rings. The van der Waals surface area contributed by atoms with Gasteiger partial charge in [0.05, 0.1) is 39.3 Å². The molecule has 0 amide bonds. The van der Waals surface area contributed by atoms with Crippen LogP contribution < -0.4 is 0 Å². The second-order valence-electron chi connectivity index (χ2n) is 16.5. The number of rotatable bonds is 41. The smallest absolute Gasteiger partial charge is 0.348 e. The van der Waals surface area contributed by atoms with Gasteiger partial charge in [0.1, 0.15) is 0 Å². The zero-order chi connectivity index (χ0) is 45.1. The summed E-state index contributed by atoms with van der Waals surface area (Å²) in [6.45, 7) is 14.4. The van der Waals surface area contributed by atoms with Crippen LogP contribution in [-0.2, 0) is 47.7 Å². The normalized spacial score (nSPS) is 12.5. The molecule has 0 radical (unpaired) electrons. The fourth-order valence-electron chi connectivity index (χ4n) is 6.71. The van der Waals surface area contributed by atoms with Gasteiger partial charge in [-0.2, -0.15) is 0 Å². The number of unbranched alkanes of at least 4 members (excludes halogenated alkanes) is 14. The van der Waals surface area contributed by atoms with Gasteiger partial charge >= 0.3 is 29.8 Å². The second kappa shape index (κ2) is 44.4. The third-order valence-electron chi connectivity index (χ3n) is 10.5. The molecule has 0 N–H and O–H groups in total. The Bertz CT molecular complexity index is 1040. The Labute approximate surface area is 367 Å². The molecule has 11 heteroatoms. The molecule has 354 valence electrons. The molecule has 11 nitrogen and oxygen atoms in total. The van der Waals surface area contributed by atoms with Crippen LogP contribution in [-0.4, -0.2) is 87.9 Å². The van der Waals surface area contributed by atoms with Crippen molar-refractivity contribution in [2.75, 3.05) is 47.1 Å². The Morgan fingerprint density at radius 1 is 0.433 bits per heavy atom. The van der Waals surface area contributed by atoms with Gasteiger partial charge in [0.2, 0.25) is 6.10 Å². The maximum absolute atomic E-state index is 12.9. The number of carbonyl (C=O) groups excluding carboxylic acids is 5. The highest BCUT2D eigenvalue weighted by molar-refractivity contribution is 5.84. The Morgan fingerprint density at radius 3 is 1.30 bits per heavy atom. The fraction of sp³-hybridized carbons (Fsp3) is 0.898. The summed E-state index contributed by atoms with van der Waals surface area (Å²) >= 11 is 0. The van der Waals surface area contributed by atoms with Crippen molar-refractivity contribution in [3.8, 4) is 0 Å². The van der Waals surface area contributed by atoms with Crippen LogP contribution in [0, 0.1) is 11.8 Å². The van der Waals surface area contributed by atoms with E-state index in [4.69, 9.17) is 23.7 Å². The van der Waals surface area contributed by atoms with Gasteiger partial charge in [-0.3, -0.25) is 19.2 Å². The second-order valence-corrected chi connectivity index (χ2v) is 16.5. The minimum absolute atomic E-state index is 0.0567. The SMILES string of the molecule is CC.CCCCCCCC(CCCC)COC(=O)CCCCCOC(=O)CC(OC(=O)CCN(C)C)C(=O)OCCCCCC(=O)OCC(CCCC)CCCCCCC. The molecule has 0 aromatic heterocycles. The highest BCUT2D eigenvalue weighted by Gasteiger charge is 2.28. The highest BCUT2D eigenvalue weighted by atomic mass is 16.6. The topological polar surface area (TPSA) is 135 Å². The molecule has 0 rings (SSSR count). The largest absolute Gasteiger partial charge is 0.466 e. The third-order valence-corrected chi connectivity index (χ3v) is 10.5. The molecule has 0 aromatic carbocycles. The summed E-state index contributed by atoms with van der Waals surface area (Å²) in [5.74, 6) is -1.60. The number of carbonyl (C=O) groups is 5. The molecule has 3 unspecified atom stereocenters. The summed E-state index contributed by atoms with van der Waals surface area (Å²) in [4.78, 5) is 64.7. The van der Waals surface area contributed by atoms with Crippen LogP contribution in [0.15, 0.2) is 0 Å². The van der Waals surface area contributed by atoms with Crippen molar-refractivity contribution in [2.45, 2.75) is 227 Å². The molecule has 0 heterocycles. The van der Waals surface area contributed by atoms with Crippen molar-refractivity contribution in [2.24, 2.45) is 11.8 Å². The molecule has 0 bridgehead atoms. The fourth-order valence-corrected chi connectivity index (χ4v) is 6.71. The van der Waals surface area contributed by atoms with Crippen LogP contribution in [0.1, 0.15) is 221 Å². The lowest BCUT2D eigenvalue weighted by Gasteiger charge is -2.17. The van der Waals surface area contributed by atoms with E-state index in [2.05, 4.69) is 27.7 Å². The molecule has 0 fully saturated rings. The van der Waals surface area contributed by atoms with Gasteiger partial charge in [0.25, 0.3) is 0 Å². The van der Waals surface area contributed by atoms with Crippen molar-refractivity contribution < 1.29 is 47.7 Å². The first kappa shape index (κ1) is 59.4. The van der Waals surface area contributed by atoms with Crippen LogP contribution >= 0.6 is 0 Å². The Morgan fingerprint density at radius 2 is 0.850 bits per heavy atom. The average Bonchev–Trinajstić information content (AvgIpc) is 3.24. The Balaban J connectivity index is 0. The minimum Gasteiger partial charge on any atom is -0.466 e. The molecule has 0 aliphatic rings. The van der Waals surface area contributed by atoms with Crippen LogP contribution in [0.4, 0.5) is 0 Å². The van der Waals surface area contributed by atoms with E-state index in [0.717, 1.165) is 51.4 Å². The third kappa shape index (κ3) is 39.4. The quantitative estimate of drug-likeness (QED) is 0.0330. The van der Waals surface area contributed by atoms with Crippen molar-refractivity contribution in [1.29, 1.82) is 0 Å². The van der Waals surface area contributed by atoms with Gasteiger partial charge in [0.15, 0.2) is 0 Å². The number of hydrogen-bond acceptors (Lipinski definition) is 11.